The number of nitrogens with one attached hydrogen (secondary N) is 1. The summed E-state index contributed by atoms with van der Waals surface area (Å²) >= 11 is 0. The van der Waals surface area contributed by atoms with Gasteiger partial charge in [0.2, 0.25) is 0 Å². The highest BCUT2D eigenvalue weighted by Gasteiger charge is 2.41. The molecule has 0 aromatic rings. The van der Waals surface area contributed by atoms with Gasteiger partial charge in [-0.2, -0.15) is 13.2 Å². The van der Waals surface area contributed by atoms with Gasteiger partial charge in [-0.15, -0.1) is 0 Å². The molecule has 1 aliphatic rings. The van der Waals surface area contributed by atoms with Gasteiger partial charge in [-0.25, -0.2) is 0 Å². The van der Waals surface area contributed by atoms with Crippen molar-refractivity contribution < 1.29 is 17.9 Å². The maximum Gasteiger partial charge on any atom is 0.391 e. The molecule has 0 aromatic carbocycles. The molecule has 0 saturated heterocycles. The molecule has 0 bridgehead atoms. The van der Waals surface area contributed by atoms with Gasteiger partial charge in [0.05, 0.1) is 12.5 Å². The van der Waals surface area contributed by atoms with Gasteiger partial charge in [-0.05, 0) is 38.0 Å². The summed E-state index contributed by atoms with van der Waals surface area (Å²) in [6, 6.07) is 0.229. The number of rotatable bonds is 7. The van der Waals surface area contributed by atoms with Crippen molar-refractivity contribution in [3.63, 3.8) is 0 Å². The summed E-state index contributed by atoms with van der Waals surface area (Å²) < 4.78 is 42.9. The first-order chi connectivity index (χ1) is 8.89. The topological polar surface area (TPSA) is 21.3 Å². The van der Waals surface area contributed by atoms with Crippen molar-refractivity contribution in [3.05, 3.63) is 0 Å². The third-order valence-electron chi connectivity index (χ3n) is 3.71. The molecule has 0 radical (unpaired) electrons. The van der Waals surface area contributed by atoms with Crippen LogP contribution in [0.25, 0.3) is 0 Å². The Balaban J connectivity index is 2.01. The quantitative estimate of drug-likeness (QED) is 0.717. The first-order valence-electron chi connectivity index (χ1n) is 7.27. The zero-order valence-electron chi connectivity index (χ0n) is 11.9. The Hall–Kier alpha value is -0.290. The van der Waals surface area contributed by atoms with Gasteiger partial charge >= 0.3 is 6.18 Å². The maximum atomic E-state index is 12.5. The van der Waals surface area contributed by atoms with Gasteiger partial charge in [-0.1, -0.05) is 13.8 Å². The molecular formula is C14H26F3NO. The van der Waals surface area contributed by atoms with Crippen molar-refractivity contribution in [2.75, 3.05) is 19.8 Å². The van der Waals surface area contributed by atoms with Crippen LogP contribution in [0.1, 0.15) is 46.0 Å². The normalized spacial score (nSPS) is 24.9. The average Bonchev–Trinajstić information content (AvgIpc) is 2.32. The summed E-state index contributed by atoms with van der Waals surface area (Å²) in [4.78, 5) is 0. The Bertz CT molecular complexity index is 235. The summed E-state index contributed by atoms with van der Waals surface area (Å²) in [6.45, 7) is 6.45. The molecule has 114 valence electrons. The number of ether oxygens (including phenoxy) is 1. The van der Waals surface area contributed by atoms with Gasteiger partial charge in [0.15, 0.2) is 0 Å². The minimum atomic E-state index is -4.01. The Morgan fingerprint density at radius 3 is 2.26 bits per heavy atom. The molecule has 0 atom stereocenters. The lowest BCUT2D eigenvalue weighted by Gasteiger charge is -2.30. The van der Waals surface area contributed by atoms with Crippen LogP contribution in [0.3, 0.4) is 0 Å². The number of hydrogen-bond donors (Lipinski definition) is 1. The zero-order chi connectivity index (χ0) is 14.3. The summed E-state index contributed by atoms with van der Waals surface area (Å²) in [5, 5.41) is 3.29. The minimum Gasteiger partial charge on any atom is -0.380 e. The van der Waals surface area contributed by atoms with E-state index in [1.54, 1.807) is 0 Å². The largest absolute Gasteiger partial charge is 0.391 e. The average molecular weight is 281 g/mol. The third kappa shape index (κ3) is 7.16. The monoisotopic (exact) mass is 281 g/mol. The minimum absolute atomic E-state index is 0.229. The first kappa shape index (κ1) is 16.8. The molecule has 1 N–H and O–H groups in total. The van der Waals surface area contributed by atoms with Crippen LogP contribution in [-0.4, -0.2) is 32.0 Å². The number of alkyl halides is 3. The zero-order valence-corrected chi connectivity index (χ0v) is 11.9. The second-order valence-corrected chi connectivity index (χ2v) is 5.84. The Labute approximate surface area is 114 Å². The Morgan fingerprint density at radius 1 is 1.11 bits per heavy atom. The fourth-order valence-electron chi connectivity index (χ4n) is 2.38. The van der Waals surface area contributed by atoms with Crippen LogP contribution in [0.15, 0.2) is 0 Å². The SMILES string of the molecule is CC(C)CCOCCNC1CCC(C(F)(F)F)CC1. The van der Waals surface area contributed by atoms with Crippen molar-refractivity contribution in [3.8, 4) is 0 Å². The molecule has 0 heterocycles. The van der Waals surface area contributed by atoms with Crippen molar-refractivity contribution in [2.45, 2.75) is 58.2 Å². The van der Waals surface area contributed by atoms with E-state index in [9.17, 15) is 13.2 Å². The van der Waals surface area contributed by atoms with Crippen LogP contribution < -0.4 is 5.32 Å². The molecule has 0 aromatic heterocycles. The molecule has 1 rings (SSSR count). The maximum absolute atomic E-state index is 12.5. The van der Waals surface area contributed by atoms with E-state index in [1.165, 1.54) is 0 Å². The smallest absolute Gasteiger partial charge is 0.380 e. The van der Waals surface area contributed by atoms with Gasteiger partial charge in [0.1, 0.15) is 0 Å². The lowest BCUT2D eigenvalue weighted by molar-refractivity contribution is -0.182. The van der Waals surface area contributed by atoms with E-state index in [0.29, 0.717) is 25.4 Å². The van der Waals surface area contributed by atoms with Crippen LogP contribution in [0.4, 0.5) is 13.2 Å². The lowest BCUT2D eigenvalue weighted by atomic mass is 9.85. The third-order valence-corrected chi connectivity index (χ3v) is 3.71. The highest BCUT2D eigenvalue weighted by atomic mass is 19.4. The van der Waals surface area contributed by atoms with Crippen molar-refractivity contribution >= 4 is 0 Å². The Kier molecular flexibility index (Phi) is 7.15. The first-order valence-corrected chi connectivity index (χ1v) is 7.27. The standard InChI is InChI=1S/C14H26F3NO/c1-11(2)7-9-19-10-8-18-13-5-3-12(4-6-13)14(15,16)17/h11-13,18H,3-10H2,1-2H3. The van der Waals surface area contributed by atoms with E-state index >= 15 is 0 Å². The molecule has 0 aliphatic heterocycles. The highest BCUT2D eigenvalue weighted by molar-refractivity contribution is 4.80. The summed E-state index contributed by atoms with van der Waals surface area (Å²) in [7, 11) is 0. The number of hydrogen-bond acceptors (Lipinski definition) is 2. The van der Waals surface area contributed by atoms with E-state index in [1.807, 2.05) is 0 Å². The molecule has 0 unspecified atom stereocenters. The van der Waals surface area contributed by atoms with Gasteiger partial charge < -0.3 is 10.1 Å². The number of halogens is 3. The molecule has 0 spiro atoms. The van der Waals surface area contributed by atoms with E-state index < -0.39 is 12.1 Å². The molecule has 0 amide bonds. The second kappa shape index (κ2) is 8.10. The lowest BCUT2D eigenvalue weighted by Crippen LogP contribution is -2.38. The van der Waals surface area contributed by atoms with E-state index in [2.05, 4.69) is 19.2 Å². The van der Waals surface area contributed by atoms with Crippen LogP contribution >= 0.6 is 0 Å². The predicted octanol–water partition coefficient (Wildman–Crippen LogP) is 3.76. The van der Waals surface area contributed by atoms with Gasteiger partial charge in [0.25, 0.3) is 0 Å². The summed E-state index contributed by atoms with van der Waals surface area (Å²) in [5.41, 5.74) is 0. The van der Waals surface area contributed by atoms with Crippen molar-refractivity contribution in [2.24, 2.45) is 11.8 Å². The van der Waals surface area contributed by atoms with E-state index in [4.69, 9.17) is 4.74 Å². The molecule has 1 saturated carbocycles. The summed E-state index contributed by atoms with van der Waals surface area (Å²) in [6.07, 6.45) is -1.20. The second-order valence-electron chi connectivity index (χ2n) is 5.84. The molecule has 1 aliphatic carbocycles. The van der Waals surface area contributed by atoms with Crippen molar-refractivity contribution in [1.29, 1.82) is 0 Å². The van der Waals surface area contributed by atoms with Crippen LogP contribution in [0.5, 0.6) is 0 Å². The van der Waals surface area contributed by atoms with Crippen molar-refractivity contribution in [1.82, 2.24) is 5.32 Å². The van der Waals surface area contributed by atoms with E-state index in [0.717, 1.165) is 19.6 Å². The molecular weight excluding hydrogens is 255 g/mol. The molecule has 19 heavy (non-hydrogen) atoms. The molecule has 1 fully saturated rings. The summed E-state index contributed by atoms with van der Waals surface area (Å²) in [5.74, 6) is -0.446. The van der Waals surface area contributed by atoms with Crippen LogP contribution in [-0.2, 0) is 4.74 Å². The van der Waals surface area contributed by atoms with Crippen LogP contribution in [0, 0.1) is 11.8 Å². The van der Waals surface area contributed by atoms with Crippen LogP contribution in [0.2, 0.25) is 0 Å². The molecule has 2 nitrogen and oxygen atoms in total. The van der Waals surface area contributed by atoms with Gasteiger partial charge in [0, 0.05) is 19.2 Å². The Morgan fingerprint density at radius 2 is 1.74 bits per heavy atom. The fraction of sp³-hybridized carbons (Fsp3) is 1.00. The molecule has 5 heteroatoms. The van der Waals surface area contributed by atoms with Gasteiger partial charge in [-0.3, -0.25) is 0 Å². The van der Waals surface area contributed by atoms with E-state index in [-0.39, 0.29) is 18.9 Å². The predicted molar refractivity (Wildman–Crippen MR) is 70.1 cm³/mol. The fourth-order valence-corrected chi connectivity index (χ4v) is 2.38. The highest BCUT2D eigenvalue weighted by Crippen LogP contribution is 2.37.